The lowest BCUT2D eigenvalue weighted by molar-refractivity contribution is 0.113. The molecular formula is C17H28N4OS. The molecule has 1 aromatic heterocycles. The molecule has 2 heterocycles. The molecule has 1 aliphatic rings. The first-order valence-electron chi connectivity index (χ1n) is 8.26. The first kappa shape index (κ1) is 18.1. The summed E-state index contributed by atoms with van der Waals surface area (Å²) in [5.74, 6) is 3.14. The van der Waals surface area contributed by atoms with Crippen LogP contribution in [0.25, 0.3) is 0 Å². The van der Waals surface area contributed by atoms with Crippen LogP contribution in [0.1, 0.15) is 25.8 Å². The van der Waals surface area contributed by atoms with Gasteiger partial charge in [0.25, 0.3) is 0 Å². The van der Waals surface area contributed by atoms with Crippen molar-refractivity contribution in [2.24, 2.45) is 5.92 Å². The number of carbonyl (C=O) groups is 1. The largest absolute Gasteiger partial charge is 0.324 e. The van der Waals surface area contributed by atoms with E-state index in [0.717, 1.165) is 31.0 Å². The Morgan fingerprint density at radius 1 is 1.57 bits per heavy atom. The summed E-state index contributed by atoms with van der Waals surface area (Å²) in [4.78, 5) is 21.0. The van der Waals surface area contributed by atoms with E-state index in [1.165, 1.54) is 5.56 Å². The molecule has 0 aromatic carbocycles. The van der Waals surface area contributed by atoms with E-state index in [-0.39, 0.29) is 12.1 Å². The van der Waals surface area contributed by atoms with Gasteiger partial charge >= 0.3 is 6.03 Å². The van der Waals surface area contributed by atoms with Gasteiger partial charge < -0.3 is 9.80 Å². The highest BCUT2D eigenvalue weighted by atomic mass is 32.2. The third-order valence-corrected chi connectivity index (χ3v) is 5.36. The topological polar surface area (TPSA) is 48.5 Å². The first-order chi connectivity index (χ1) is 11.0. The van der Waals surface area contributed by atoms with Gasteiger partial charge in [-0.3, -0.25) is 5.32 Å². The SMILES string of the molecule is CCSCc1ccnc(NC(=O)N(C)[C@H]2CCN(C)C[C@H]2C)c1. The number of hydrogen-bond acceptors (Lipinski definition) is 4. The van der Waals surface area contributed by atoms with Crippen molar-refractivity contribution < 1.29 is 4.79 Å². The quantitative estimate of drug-likeness (QED) is 0.897. The minimum Gasteiger partial charge on any atom is -0.324 e. The maximum absolute atomic E-state index is 12.5. The summed E-state index contributed by atoms with van der Waals surface area (Å²) in [6.07, 6.45) is 2.78. The van der Waals surface area contributed by atoms with Crippen molar-refractivity contribution in [2.45, 2.75) is 32.1 Å². The second-order valence-electron chi connectivity index (χ2n) is 6.32. The molecule has 0 aliphatic carbocycles. The van der Waals surface area contributed by atoms with Gasteiger partial charge in [0.2, 0.25) is 0 Å². The number of likely N-dealkylation sites (tertiary alicyclic amines) is 1. The third-order valence-electron chi connectivity index (χ3n) is 4.41. The molecular weight excluding hydrogens is 308 g/mol. The molecule has 128 valence electrons. The van der Waals surface area contributed by atoms with Crippen molar-refractivity contribution in [1.29, 1.82) is 0 Å². The van der Waals surface area contributed by atoms with Gasteiger partial charge in [-0.1, -0.05) is 13.8 Å². The molecule has 2 atom stereocenters. The van der Waals surface area contributed by atoms with Gasteiger partial charge in [-0.2, -0.15) is 11.8 Å². The molecule has 0 bridgehead atoms. The van der Waals surface area contributed by atoms with Crippen LogP contribution in [0, 0.1) is 5.92 Å². The molecule has 0 spiro atoms. The van der Waals surface area contributed by atoms with E-state index in [1.807, 2.05) is 35.8 Å². The Labute approximate surface area is 143 Å². The fourth-order valence-electron chi connectivity index (χ4n) is 3.12. The summed E-state index contributed by atoms with van der Waals surface area (Å²) in [5.41, 5.74) is 1.19. The fourth-order valence-corrected chi connectivity index (χ4v) is 3.74. The zero-order chi connectivity index (χ0) is 16.8. The van der Waals surface area contributed by atoms with E-state index in [0.29, 0.717) is 11.7 Å². The summed E-state index contributed by atoms with van der Waals surface area (Å²) in [5, 5.41) is 2.94. The molecule has 2 amide bonds. The minimum atomic E-state index is -0.0702. The third kappa shape index (κ3) is 5.11. The second kappa shape index (κ2) is 8.55. The minimum absolute atomic E-state index is 0.0702. The number of carbonyl (C=O) groups excluding carboxylic acids is 1. The van der Waals surface area contributed by atoms with Gasteiger partial charge in [-0.25, -0.2) is 9.78 Å². The van der Waals surface area contributed by atoms with Crippen molar-refractivity contribution in [2.75, 3.05) is 38.3 Å². The van der Waals surface area contributed by atoms with Crippen LogP contribution >= 0.6 is 11.8 Å². The number of aromatic nitrogens is 1. The van der Waals surface area contributed by atoms with Crippen molar-refractivity contribution >= 4 is 23.6 Å². The van der Waals surface area contributed by atoms with E-state index in [4.69, 9.17) is 0 Å². The summed E-state index contributed by atoms with van der Waals surface area (Å²) in [6.45, 7) is 6.43. The smallest absolute Gasteiger partial charge is 0.323 e. The van der Waals surface area contributed by atoms with Crippen molar-refractivity contribution in [3.8, 4) is 0 Å². The normalized spacial score (nSPS) is 21.9. The lowest BCUT2D eigenvalue weighted by Crippen LogP contribution is -2.50. The molecule has 6 heteroatoms. The summed E-state index contributed by atoms with van der Waals surface area (Å²) in [6, 6.07) is 4.18. The molecule has 1 fully saturated rings. The number of anilines is 1. The van der Waals surface area contributed by atoms with Gasteiger partial charge in [0.15, 0.2) is 0 Å². The Hall–Kier alpha value is -1.27. The standard InChI is InChI=1S/C17H28N4OS/c1-5-23-12-14-6-8-18-16(10-14)19-17(22)21(4)15-7-9-20(3)11-13(15)2/h6,8,10,13,15H,5,7,9,11-12H2,1-4H3,(H,18,19,22)/t13-,15+/m1/s1. The molecule has 1 N–H and O–H groups in total. The number of rotatable bonds is 5. The fraction of sp³-hybridized carbons (Fsp3) is 0.647. The number of thioether (sulfide) groups is 1. The highest BCUT2D eigenvalue weighted by Gasteiger charge is 2.30. The van der Waals surface area contributed by atoms with E-state index >= 15 is 0 Å². The van der Waals surface area contributed by atoms with E-state index in [2.05, 4.69) is 36.1 Å². The van der Waals surface area contributed by atoms with Crippen molar-refractivity contribution in [1.82, 2.24) is 14.8 Å². The van der Waals surface area contributed by atoms with Crippen LogP contribution in [0.5, 0.6) is 0 Å². The molecule has 1 aliphatic heterocycles. The van der Waals surface area contributed by atoms with E-state index < -0.39 is 0 Å². The van der Waals surface area contributed by atoms with Crippen LogP contribution in [0.4, 0.5) is 10.6 Å². The maximum Gasteiger partial charge on any atom is 0.323 e. The van der Waals surface area contributed by atoms with Gasteiger partial charge in [-0.15, -0.1) is 0 Å². The average molecular weight is 337 g/mol. The Morgan fingerprint density at radius 2 is 2.35 bits per heavy atom. The summed E-state index contributed by atoms with van der Waals surface area (Å²) >= 11 is 1.86. The predicted molar refractivity (Wildman–Crippen MR) is 97.9 cm³/mol. The average Bonchev–Trinajstić information content (AvgIpc) is 2.52. The van der Waals surface area contributed by atoms with Crippen LogP contribution in [0.2, 0.25) is 0 Å². The Kier molecular flexibility index (Phi) is 6.72. The van der Waals surface area contributed by atoms with Crippen molar-refractivity contribution in [3.63, 3.8) is 0 Å². The zero-order valence-electron chi connectivity index (χ0n) is 14.6. The van der Waals surface area contributed by atoms with Gasteiger partial charge in [-0.05, 0) is 49.4 Å². The highest BCUT2D eigenvalue weighted by Crippen LogP contribution is 2.21. The Bertz CT molecular complexity index is 525. The number of pyridine rings is 1. The molecule has 0 saturated carbocycles. The molecule has 23 heavy (non-hydrogen) atoms. The number of nitrogens with zero attached hydrogens (tertiary/aromatic N) is 3. The van der Waals surface area contributed by atoms with Crippen LogP contribution in [0.15, 0.2) is 18.3 Å². The van der Waals surface area contributed by atoms with Gasteiger partial charge in [0.1, 0.15) is 5.82 Å². The maximum atomic E-state index is 12.5. The second-order valence-corrected chi connectivity index (χ2v) is 7.60. The number of nitrogens with one attached hydrogen (secondary N) is 1. The Morgan fingerprint density at radius 3 is 3.04 bits per heavy atom. The Balaban J connectivity index is 1.95. The predicted octanol–water partition coefficient (Wildman–Crippen LogP) is 3.14. The monoisotopic (exact) mass is 336 g/mol. The molecule has 0 radical (unpaired) electrons. The summed E-state index contributed by atoms with van der Waals surface area (Å²) < 4.78 is 0. The first-order valence-corrected chi connectivity index (χ1v) is 9.41. The van der Waals surface area contributed by atoms with Crippen LogP contribution < -0.4 is 5.32 Å². The molecule has 1 aromatic rings. The number of hydrogen-bond donors (Lipinski definition) is 1. The van der Waals surface area contributed by atoms with Crippen molar-refractivity contribution in [3.05, 3.63) is 23.9 Å². The lowest BCUT2D eigenvalue weighted by Gasteiger charge is -2.39. The highest BCUT2D eigenvalue weighted by molar-refractivity contribution is 7.98. The van der Waals surface area contributed by atoms with Gasteiger partial charge in [0, 0.05) is 31.6 Å². The molecule has 2 rings (SSSR count). The number of amides is 2. The van der Waals surface area contributed by atoms with E-state index in [9.17, 15) is 4.79 Å². The number of piperidine rings is 1. The van der Waals surface area contributed by atoms with Crippen LogP contribution in [0.3, 0.4) is 0 Å². The molecule has 0 unspecified atom stereocenters. The lowest BCUT2D eigenvalue weighted by atomic mass is 9.93. The van der Waals surface area contributed by atoms with E-state index in [1.54, 1.807) is 6.20 Å². The summed E-state index contributed by atoms with van der Waals surface area (Å²) in [7, 11) is 4.02. The number of urea groups is 1. The van der Waals surface area contributed by atoms with Gasteiger partial charge in [0.05, 0.1) is 0 Å². The van der Waals surface area contributed by atoms with Crippen LogP contribution in [-0.4, -0.2) is 59.8 Å². The zero-order valence-corrected chi connectivity index (χ0v) is 15.4. The molecule has 5 nitrogen and oxygen atoms in total. The van der Waals surface area contributed by atoms with Crippen LogP contribution in [-0.2, 0) is 5.75 Å². The molecule has 1 saturated heterocycles.